The molecule has 0 aliphatic heterocycles. The molecule has 1 atom stereocenters. The van der Waals surface area contributed by atoms with Crippen molar-refractivity contribution >= 4 is 24.3 Å². The van der Waals surface area contributed by atoms with Crippen LogP contribution in [0.5, 0.6) is 0 Å². The maximum atomic E-state index is 11.6. The van der Waals surface area contributed by atoms with Crippen LogP contribution in [0.2, 0.25) is 0 Å². The molecule has 0 saturated carbocycles. The molecule has 0 fully saturated rings. The van der Waals surface area contributed by atoms with Gasteiger partial charge in [0.2, 0.25) is 5.69 Å². The summed E-state index contributed by atoms with van der Waals surface area (Å²) in [6, 6.07) is 14.4. The molecule has 22 heavy (non-hydrogen) atoms. The van der Waals surface area contributed by atoms with Crippen LogP contribution in [0.15, 0.2) is 54.6 Å². The Kier molecular flexibility index (Phi) is 4.68. The van der Waals surface area contributed by atoms with Crippen molar-refractivity contribution in [1.29, 1.82) is 0 Å². The van der Waals surface area contributed by atoms with E-state index >= 15 is 0 Å². The maximum Gasteiger partial charge on any atom is 0.378 e. The molecule has 5 heteroatoms. The summed E-state index contributed by atoms with van der Waals surface area (Å²) in [5.41, 5.74) is 1.61. The van der Waals surface area contributed by atoms with Crippen LogP contribution in [0.25, 0.3) is 0 Å². The zero-order chi connectivity index (χ0) is 16.1. The van der Waals surface area contributed by atoms with Gasteiger partial charge in [-0.1, -0.05) is 30.3 Å². The molecular formula is C17H16NO4+. The van der Waals surface area contributed by atoms with E-state index in [1.165, 1.54) is 11.7 Å². The topological polar surface area (TPSA) is 66.6 Å². The van der Waals surface area contributed by atoms with Crippen molar-refractivity contribution in [1.82, 2.24) is 0 Å². The van der Waals surface area contributed by atoms with Gasteiger partial charge >= 0.3 is 11.9 Å². The van der Waals surface area contributed by atoms with Gasteiger partial charge in [0.25, 0.3) is 6.04 Å². The molecular weight excluding hydrogens is 282 g/mol. The van der Waals surface area contributed by atoms with Gasteiger partial charge in [0, 0.05) is 17.7 Å². The van der Waals surface area contributed by atoms with Gasteiger partial charge in [-0.05, 0) is 12.1 Å². The number of carbonyl (C=O) groups is 2. The number of ether oxygens (including phenoxy) is 1. The van der Waals surface area contributed by atoms with Crippen LogP contribution in [0.4, 0.5) is 5.69 Å². The molecule has 0 amide bonds. The zero-order valence-electron chi connectivity index (χ0n) is 12.1. The lowest BCUT2D eigenvalue weighted by Crippen LogP contribution is -2.22. The van der Waals surface area contributed by atoms with Crippen molar-refractivity contribution in [3.05, 3.63) is 65.7 Å². The molecule has 1 unspecified atom stereocenters. The fourth-order valence-electron chi connectivity index (χ4n) is 2.15. The number of hydrogen-bond donors (Lipinski definition) is 1. The lowest BCUT2D eigenvalue weighted by atomic mass is 10.1. The summed E-state index contributed by atoms with van der Waals surface area (Å²) < 4.78 is 6.03. The standard InChI is InChI=1S/C17H15NO4/c1-18(14-10-8-13(9-11-14)17(21)22-2)15(16(19)20)12-6-4-3-5-7-12/h3-11,15H,1H2,2H3/p+1. The number of methoxy groups -OCH3 is 1. The molecule has 0 saturated heterocycles. The summed E-state index contributed by atoms with van der Waals surface area (Å²) in [6.07, 6.45) is 0. The predicted molar refractivity (Wildman–Crippen MR) is 81.6 cm³/mol. The van der Waals surface area contributed by atoms with E-state index in [0.29, 0.717) is 16.8 Å². The average molecular weight is 298 g/mol. The maximum absolute atomic E-state index is 11.6. The number of hydrogen-bond acceptors (Lipinski definition) is 3. The highest BCUT2D eigenvalue weighted by molar-refractivity contribution is 5.89. The quantitative estimate of drug-likeness (QED) is 0.523. The van der Waals surface area contributed by atoms with Crippen molar-refractivity contribution in [3.8, 4) is 0 Å². The normalized spacial score (nSPS) is 11.5. The molecule has 0 aromatic heterocycles. The summed E-state index contributed by atoms with van der Waals surface area (Å²) in [7, 11) is 1.31. The lowest BCUT2D eigenvalue weighted by Gasteiger charge is -2.11. The highest BCUT2D eigenvalue weighted by atomic mass is 16.5. The van der Waals surface area contributed by atoms with E-state index in [9.17, 15) is 14.7 Å². The molecule has 5 nitrogen and oxygen atoms in total. The van der Waals surface area contributed by atoms with E-state index in [0.717, 1.165) is 0 Å². The van der Waals surface area contributed by atoms with E-state index in [1.807, 2.05) is 6.07 Å². The summed E-state index contributed by atoms with van der Waals surface area (Å²) in [6.45, 7) is 3.84. The first-order chi connectivity index (χ1) is 10.5. The molecule has 0 spiro atoms. The van der Waals surface area contributed by atoms with Crippen molar-refractivity contribution in [2.24, 2.45) is 0 Å². The van der Waals surface area contributed by atoms with Gasteiger partial charge in [-0.2, -0.15) is 4.58 Å². The van der Waals surface area contributed by atoms with E-state index in [1.54, 1.807) is 48.5 Å². The summed E-state index contributed by atoms with van der Waals surface area (Å²) in [5, 5.41) is 9.48. The van der Waals surface area contributed by atoms with Crippen LogP contribution in [-0.4, -0.2) is 35.4 Å². The first-order valence-electron chi connectivity index (χ1n) is 6.60. The van der Waals surface area contributed by atoms with Crippen LogP contribution in [0.1, 0.15) is 22.0 Å². The summed E-state index contributed by atoms with van der Waals surface area (Å²) >= 11 is 0. The third kappa shape index (κ3) is 3.20. The largest absolute Gasteiger partial charge is 0.476 e. The highest BCUT2D eigenvalue weighted by Gasteiger charge is 2.31. The number of esters is 1. The van der Waals surface area contributed by atoms with Gasteiger partial charge in [-0.25, -0.2) is 9.59 Å². The van der Waals surface area contributed by atoms with Crippen molar-refractivity contribution < 1.29 is 24.0 Å². The number of nitrogens with zero attached hydrogens (tertiary/aromatic N) is 1. The number of aliphatic carboxylic acids is 1. The monoisotopic (exact) mass is 298 g/mol. The second-order valence-corrected chi connectivity index (χ2v) is 4.66. The SMILES string of the molecule is C=[N+](c1ccc(C(=O)OC)cc1)C(C(=O)O)c1ccccc1. The highest BCUT2D eigenvalue weighted by Crippen LogP contribution is 2.24. The van der Waals surface area contributed by atoms with Crippen molar-refractivity contribution in [3.63, 3.8) is 0 Å². The minimum absolute atomic E-state index is 0.395. The molecule has 0 heterocycles. The summed E-state index contributed by atoms with van der Waals surface area (Å²) in [5.74, 6) is -1.45. The Morgan fingerprint density at radius 2 is 1.68 bits per heavy atom. The number of carboxylic acids is 1. The van der Waals surface area contributed by atoms with E-state index in [4.69, 9.17) is 0 Å². The van der Waals surface area contributed by atoms with Crippen LogP contribution < -0.4 is 0 Å². The molecule has 0 bridgehead atoms. The Morgan fingerprint density at radius 1 is 1.09 bits per heavy atom. The fraction of sp³-hybridized carbons (Fsp3) is 0.118. The smallest absolute Gasteiger partial charge is 0.378 e. The molecule has 0 aliphatic rings. The van der Waals surface area contributed by atoms with Gasteiger partial charge in [-0.15, -0.1) is 0 Å². The minimum Gasteiger partial charge on any atom is -0.476 e. The Morgan fingerprint density at radius 3 is 2.18 bits per heavy atom. The number of carbonyl (C=O) groups excluding carboxylic acids is 1. The first-order valence-corrected chi connectivity index (χ1v) is 6.60. The van der Waals surface area contributed by atoms with E-state index < -0.39 is 18.0 Å². The van der Waals surface area contributed by atoms with Gasteiger partial charge < -0.3 is 9.84 Å². The molecule has 2 aromatic carbocycles. The van der Waals surface area contributed by atoms with E-state index in [-0.39, 0.29) is 0 Å². The van der Waals surface area contributed by atoms with E-state index in [2.05, 4.69) is 11.5 Å². The third-order valence-electron chi connectivity index (χ3n) is 3.28. The Labute approximate surface area is 128 Å². The Bertz CT molecular complexity index is 692. The number of benzene rings is 2. The van der Waals surface area contributed by atoms with Gasteiger partial charge in [0.05, 0.1) is 12.7 Å². The molecule has 112 valence electrons. The summed E-state index contributed by atoms with van der Waals surface area (Å²) in [4.78, 5) is 23.0. The number of rotatable bonds is 5. The first kappa shape index (κ1) is 15.4. The fourth-order valence-corrected chi connectivity index (χ4v) is 2.15. The van der Waals surface area contributed by atoms with Crippen LogP contribution in [0, 0.1) is 0 Å². The van der Waals surface area contributed by atoms with Gasteiger partial charge in [0.15, 0.2) is 0 Å². The predicted octanol–water partition coefficient (Wildman–Crippen LogP) is 2.64. The third-order valence-corrected chi connectivity index (χ3v) is 3.28. The lowest BCUT2D eigenvalue weighted by molar-refractivity contribution is -0.470. The van der Waals surface area contributed by atoms with Crippen molar-refractivity contribution in [2.75, 3.05) is 7.11 Å². The second kappa shape index (κ2) is 6.67. The van der Waals surface area contributed by atoms with Crippen LogP contribution >= 0.6 is 0 Å². The van der Waals surface area contributed by atoms with Crippen LogP contribution in [-0.2, 0) is 9.53 Å². The molecule has 1 N–H and O–H groups in total. The van der Waals surface area contributed by atoms with Gasteiger partial charge in [-0.3, -0.25) is 0 Å². The zero-order valence-corrected chi connectivity index (χ0v) is 12.1. The molecule has 2 aromatic rings. The minimum atomic E-state index is -1.00. The molecule has 0 aliphatic carbocycles. The molecule has 0 radical (unpaired) electrons. The molecule has 2 rings (SSSR count). The second-order valence-electron chi connectivity index (χ2n) is 4.66. The average Bonchev–Trinajstić information content (AvgIpc) is 2.55. The number of carboxylic acid groups (broad SMARTS) is 1. The Balaban J connectivity index is 2.32. The van der Waals surface area contributed by atoms with Gasteiger partial charge in [0.1, 0.15) is 6.72 Å². The van der Waals surface area contributed by atoms with Crippen molar-refractivity contribution in [2.45, 2.75) is 6.04 Å². The Hall–Kier alpha value is -2.95. The van der Waals surface area contributed by atoms with Crippen LogP contribution in [0.3, 0.4) is 0 Å².